The van der Waals surface area contributed by atoms with E-state index in [0.29, 0.717) is 0 Å². The Morgan fingerprint density at radius 1 is 0.893 bits per heavy atom. The van der Waals surface area contributed by atoms with Crippen LogP contribution in [-0.2, 0) is 44.7 Å². The second-order valence-corrected chi connectivity index (χ2v) is 6.24. The van der Waals surface area contributed by atoms with Crippen molar-refractivity contribution in [2.75, 3.05) is 6.61 Å². The van der Waals surface area contributed by atoms with Crippen molar-refractivity contribution in [2.45, 2.75) is 58.1 Å². The third-order valence-electron chi connectivity index (χ3n) is 3.94. The first-order valence-corrected chi connectivity index (χ1v) is 8.75. The van der Waals surface area contributed by atoms with Gasteiger partial charge in [-0.25, -0.2) is 0 Å². The largest absolute Gasteiger partial charge is 0.457 e. The van der Waals surface area contributed by atoms with Crippen LogP contribution in [0.3, 0.4) is 0 Å². The van der Waals surface area contributed by atoms with Gasteiger partial charge in [0.05, 0.1) is 13.2 Å². The van der Waals surface area contributed by atoms with Gasteiger partial charge in [0.25, 0.3) is 0 Å². The Morgan fingerprint density at radius 2 is 1.46 bits per heavy atom. The number of carbonyl (C=O) groups is 3. The normalized spacial score (nSPS) is 26.9. The number of aliphatic hydroxyl groups is 1. The van der Waals surface area contributed by atoms with E-state index in [9.17, 15) is 19.5 Å². The lowest BCUT2D eigenvalue weighted by Gasteiger charge is -2.43. The van der Waals surface area contributed by atoms with Crippen LogP contribution in [0.4, 0.5) is 0 Å². The van der Waals surface area contributed by atoms with E-state index >= 15 is 0 Å². The lowest BCUT2D eigenvalue weighted by Crippen LogP contribution is -2.62. The minimum absolute atomic E-state index is 0.103. The van der Waals surface area contributed by atoms with Crippen LogP contribution in [0.25, 0.3) is 0 Å². The van der Waals surface area contributed by atoms with Crippen LogP contribution in [0, 0.1) is 0 Å². The molecule has 9 heteroatoms. The highest BCUT2D eigenvalue weighted by Gasteiger charge is 2.51. The number of aliphatic hydroxyl groups excluding tert-OH is 1. The molecule has 0 radical (unpaired) electrons. The number of hydrogen-bond donors (Lipinski definition) is 1. The molecule has 1 aliphatic heterocycles. The fourth-order valence-corrected chi connectivity index (χ4v) is 2.89. The number of carbonyl (C=O) groups excluding carboxylic acids is 3. The van der Waals surface area contributed by atoms with Gasteiger partial charge in [-0.3, -0.25) is 14.4 Å². The zero-order valence-corrected chi connectivity index (χ0v) is 15.9. The predicted molar refractivity (Wildman–Crippen MR) is 93.6 cm³/mol. The van der Waals surface area contributed by atoms with Gasteiger partial charge in [-0.1, -0.05) is 30.3 Å². The first kappa shape index (κ1) is 21.8. The number of ether oxygens (including phenoxy) is 5. The minimum Gasteiger partial charge on any atom is -0.457 e. The molecule has 1 heterocycles. The van der Waals surface area contributed by atoms with Crippen molar-refractivity contribution >= 4 is 17.9 Å². The maximum atomic E-state index is 11.6. The Bertz CT molecular complexity index is 675. The van der Waals surface area contributed by atoms with Gasteiger partial charge in [-0.15, -0.1) is 0 Å². The molecule has 1 aliphatic rings. The summed E-state index contributed by atoms with van der Waals surface area (Å²) in [6.07, 6.45) is -5.69. The number of esters is 3. The minimum atomic E-state index is -1.33. The first-order valence-electron chi connectivity index (χ1n) is 8.75. The van der Waals surface area contributed by atoms with Crippen LogP contribution in [0.5, 0.6) is 0 Å². The molecule has 0 aliphatic carbocycles. The molecule has 2 rings (SSSR count). The molecule has 1 saturated heterocycles. The van der Waals surface area contributed by atoms with Gasteiger partial charge in [0, 0.05) is 20.8 Å². The van der Waals surface area contributed by atoms with E-state index in [0.717, 1.165) is 5.56 Å². The van der Waals surface area contributed by atoms with E-state index in [4.69, 9.17) is 23.7 Å². The quantitative estimate of drug-likeness (QED) is 0.525. The maximum absolute atomic E-state index is 11.6. The van der Waals surface area contributed by atoms with E-state index in [1.807, 2.05) is 30.3 Å². The third kappa shape index (κ3) is 6.01. The molecule has 1 aromatic rings. The van der Waals surface area contributed by atoms with E-state index in [1.165, 1.54) is 20.8 Å². The van der Waals surface area contributed by atoms with E-state index < -0.39 is 55.2 Å². The molecule has 0 spiro atoms. The molecular formula is C19H24O9. The fourth-order valence-electron chi connectivity index (χ4n) is 2.89. The first-order chi connectivity index (χ1) is 13.3. The summed E-state index contributed by atoms with van der Waals surface area (Å²) in [5, 5.41) is 9.68. The molecule has 0 aromatic heterocycles. The fraction of sp³-hybridized carbons (Fsp3) is 0.526. The van der Waals surface area contributed by atoms with Gasteiger partial charge in [0.15, 0.2) is 12.2 Å². The lowest BCUT2D eigenvalue weighted by atomic mass is 9.98. The standard InChI is InChI=1S/C19H24O9/c1-11(21)25-16-15(9-20)28-19(27-13(3)23)18(26-12(2)22)17(16)24-10-14-7-5-4-6-8-14/h4-8,15-20H,9-10H2,1-3H3/t15-,16-,17+,18-,19+/m1/s1. The van der Waals surface area contributed by atoms with Crippen molar-refractivity contribution in [1.29, 1.82) is 0 Å². The summed E-state index contributed by atoms with van der Waals surface area (Å²) in [4.78, 5) is 34.6. The van der Waals surface area contributed by atoms with Crippen molar-refractivity contribution in [3.8, 4) is 0 Å². The summed E-state index contributed by atoms with van der Waals surface area (Å²) in [6, 6.07) is 9.16. The third-order valence-corrected chi connectivity index (χ3v) is 3.94. The lowest BCUT2D eigenvalue weighted by molar-refractivity contribution is -0.305. The van der Waals surface area contributed by atoms with Gasteiger partial charge in [0.2, 0.25) is 6.29 Å². The van der Waals surface area contributed by atoms with Gasteiger partial charge >= 0.3 is 17.9 Å². The molecule has 1 N–H and O–H groups in total. The van der Waals surface area contributed by atoms with Gasteiger partial charge < -0.3 is 28.8 Å². The van der Waals surface area contributed by atoms with Crippen LogP contribution >= 0.6 is 0 Å². The van der Waals surface area contributed by atoms with Crippen molar-refractivity contribution in [2.24, 2.45) is 0 Å². The Hall–Kier alpha value is -2.49. The van der Waals surface area contributed by atoms with Gasteiger partial charge in [-0.2, -0.15) is 0 Å². The Kier molecular flexibility index (Phi) is 7.91. The molecule has 1 fully saturated rings. The molecule has 0 bridgehead atoms. The second kappa shape index (κ2) is 10.2. The van der Waals surface area contributed by atoms with E-state index in [-0.39, 0.29) is 6.61 Å². The van der Waals surface area contributed by atoms with Crippen molar-refractivity contribution in [3.63, 3.8) is 0 Å². The van der Waals surface area contributed by atoms with Crippen LogP contribution in [0.1, 0.15) is 26.3 Å². The van der Waals surface area contributed by atoms with Crippen LogP contribution in [0.2, 0.25) is 0 Å². The molecule has 9 nitrogen and oxygen atoms in total. The second-order valence-electron chi connectivity index (χ2n) is 6.24. The number of hydrogen-bond acceptors (Lipinski definition) is 9. The molecule has 28 heavy (non-hydrogen) atoms. The molecule has 1 aromatic carbocycles. The molecule has 0 amide bonds. The van der Waals surface area contributed by atoms with E-state index in [2.05, 4.69) is 0 Å². The van der Waals surface area contributed by atoms with Gasteiger partial charge in [0.1, 0.15) is 12.2 Å². The van der Waals surface area contributed by atoms with Crippen molar-refractivity contribution < 1.29 is 43.2 Å². The average Bonchev–Trinajstić information content (AvgIpc) is 2.62. The predicted octanol–water partition coefficient (Wildman–Crippen LogP) is 0.715. The van der Waals surface area contributed by atoms with Gasteiger partial charge in [-0.05, 0) is 5.56 Å². The van der Waals surface area contributed by atoms with E-state index in [1.54, 1.807) is 0 Å². The Balaban J connectivity index is 2.33. The zero-order chi connectivity index (χ0) is 20.7. The SMILES string of the molecule is CC(=O)O[C@H]1O[C@H](CO)[C@@H](OC(C)=O)[C@H](OCc2ccccc2)[C@H]1OC(C)=O. The summed E-state index contributed by atoms with van der Waals surface area (Å²) in [6.45, 7) is 3.11. The highest BCUT2D eigenvalue weighted by molar-refractivity contribution is 5.68. The Morgan fingerprint density at radius 3 is 2.00 bits per heavy atom. The monoisotopic (exact) mass is 396 g/mol. The molecule has 0 unspecified atom stereocenters. The summed E-state index contributed by atoms with van der Waals surface area (Å²) >= 11 is 0. The highest BCUT2D eigenvalue weighted by atomic mass is 16.7. The average molecular weight is 396 g/mol. The zero-order valence-electron chi connectivity index (χ0n) is 15.9. The molecule has 0 saturated carbocycles. The van der Waals surface area contributed by atoms with Crippen LogP contribution < -0.4 is 0 Å². The molecular weight excluding hydrogens is 372 g/mol. The summed E-state index contributed by atoms with van der Waals surface area (Å²) < 4.78 is 27.1. The topological polar surface area (TPSA) is 118 Å². The Labute approximate surface area is 162 Å². The summed E-state index contributed by atoms with van der Waals surface area (Å²) in [7, 11) is 0. The van der Waals surface area contributed by atoms with Crippen molar-refractivity contribution in [3.05, 3.63) is 35.9 Å². The number of rotatable bonds is 7. The van der Waals surface area contributed by atoms with Crippen LogP contribution in [0.15, 0.2) is 30.3 Å². The summed E-state index contributed by atoms with van der Waals surface area (Å²) in [5.41, 5.74) is 0.821. The summed E-state index contributed by atoms with van der Waals surface area (Å²) in [5.74, 6) is -1.97. The number of benzene rings is 1. The maximum Gasteiger partial charge on any atom is 0.305 e. The smallest absolute Gasteiger partial charge is 0.305 e. The molecule has 5 atom stereocenters. The highest BCUT2D eigenvalue weighted by Crippen LogP contribution is 2.30. The van der Waals surface area contributed by atoms with Crippen molar-refractivity contribution in [1.82, 2.24) is 0 Å². The molecule has 154 valence electrons. The van der Waals surface area contributed by atoms with Crippen LogP contribution in [-0.4, -0.2) is 60.3 Å².